The molecule has 21 heavy (non-hydrogen) atoms. The van der Waals surface area contributed by atoms with Gasteiger partial charge in [0, 0.05) is 24.6 Å². The number of thioether (sulfide) groups is 1. The average molecular weight is 309 g/mol. The summed E-state index contributed by atoms with van der Waals surface area (Å²) >= 11 is 2.05. The highest BCUT2D eigenvalue weighted by Gasteiger charge is 2.28. The van der Waals surface area contributed by atoms with Crippen LogP contribution in [0.15, 0.2) is 24.3 Å². The summed E-state index contributed by atoms with van der Waals surface area (Å²) in [5, 5.41) is 3.68. The van der Waals surface area contributed by atoms with Crippen LogP contribution in [-0.2, 0) is 16.1 Å². The molecular formula is C17H27NO2S. The molecule has 0 radical (unpaired) electrons. The van der Waals surface area contributed by atoms with Crippen LogP contribution in [0.2, 0.25) is 0 Å². The monoisotopic (exact) mass is 309 g/mol. The second-order valence-electron chi connectivity index (χ2n) is 6.47. The Kier molecular flexibility index (Phi) is 6.40. The SMILES string of the molecule is COCCOCc1cccc(NC2CSCC(C)(C)C2)c1. The smallest absolute Gasteiger partial charge is 0.0718 e. The highest BCUT2D eigenvalue weighted by atomic mass is 32.2. The van der Waals surface area contributed by atoms with Crippen molar-refractivity contribution in [3.63, 3.8) is 0 Å². The minimum Gasteiger partial charge on any atom is -0.382 e. The van der Waals surface area contributed by atoms with E-state index in [-0.39, 0.29) is 0 Å². The summed E-state index contributed by atoms with van der Waals surface area (Å²) < 4.78 is 10.6. The Hall–Kier alpha value is -0.710. The van der Waals surface area contributed by atoms with Gasteiger partial charge in [0.05, 0.1) is 19.8 Å². The van der Waals surface area contributed by atoms with E-state index < -0.39 is 0 Å². The topological polar surface area (TPSA) is 30.5 Å². The molecule has 1 atom stereocenters. The molecule has 0 saturated carbocycles. The minimum atomic E-state index is 0.432. The minimum absolute atomic E-state index is 0.432. The van der Waals surface area contributed by atoms with E-state index in [0.717, 1.165) is 0 Å². The summed E-state index contributed by atoms with van der Waals surface area (Å²) in [6, 6.07) is 9.10. The van der Waals surface area contributed by atoms with Crippen LogP contribution in [0.25, 0.3) is 0 Å². The number of hydrogen-bond acceptors (Lipinski definition) is 4. The van der Waals surface area contributed by atoms with Gasteiger partial charge in [-0.25, -0.2) is 0 Å². The van der Waals surface area contributed by atoms with E-state index in [1.54, 1.807) is 7.11 Å². The van der Waals surface area contributed by atoms with Crippen LogP contribution in [-0.4, -0.2) is 37.9 Å². The number of ether oxygens (including phenoxy) is 2. The molecule has 1 heterocycles. The maximum Gasteiger partial charge on any atom is 0.0718 e. The lowest BCUT2D eigenvalue weighted by Gasteiger charge is -2.35. The van der Waals surface area contributed by atoms with E-state index in [4.69, 9.17) is 9.47 Å². The third-order valence-corrected chi connectivity index (χ3v) is 5.23. The molecule has 118 valence electrons. The number of anilines is 1. The molecule has 3 nitrogen and oxygen atoms in total. The van der Waals surface area contributed by atoms with Gasteiger partial charge in [0.2, 0.25) is 0 Å². The first-order chi connectivity index (χ1) is 10.1. The average Bonchev–Trinajstić information content (AvgIpc) is 2.43. The van der Waals surface area contributed by atoms with E-state index in [1.807, 2.05) is 0 Å². The number of rotatable bonds is 7. The van der Waals surface area contributed by atoms with Crippen molar-refractivity contribution < 1.29 is 9.47 Å². The fraction of sp³-hybridized carbons (Fsp3) is 0.647. The van der Waals surface area contributed by atoms with E-state index in [9.17, 15) is 0 Å². The lowest BCUT2D eigenvalue weighted by atomic mass is 9.88. The van der Waals surface area contributed by atoms with Crippen LogP contribution in [0, 0.1) is 5.41 Å². The quantitative estimate of drug-likeness (QED) is 0.776. The molecule has 1 aromatic rings. The molecule has 4 heteroatoms. The summed E-state index contributed by atoms with van der Waals surface area (Å²) in [6.45, 7) is 6.64. The number of nitrogens with one attached hydrogen (secondary N) is 1. The van der Waals surface area contributed by atoms with Gasteiger partial charge in [0.1, 0.15) is 0 Å². The lowest BCUT2D eigenvalue weighted by Crippen LogP contribution is -2.35. The molecule has 1 fully saturated rings. The van der Waals surface area contributed by atoms with Crippen molar-refractivity contribution in [1.29, 1.82) is 0 Å². The maximum atomic E-state index is 5.58. The Morgan fingerprint density at radius 3 is 2.95 bits per heavy atom. The van der Waals surface area contributed by atoms with Crippen LogP contribution >= 0.6 is 11.8 Å². The van der Waals surface area contributed by atoms with Gasteiger partial charge in [0.15, 0.2) is 0 Å². The first kappa shape index (κ1) is 16.7. The third kappa shape index (κ3) is 5.89. The highest BCUT2D eigenvalue weighted by Crippen LogP contribution is 2.34. The second-order valence-corrected chi connectivity index (χ2v) is 7.50. The molecule has 0 aliphatic carbocycles. The predicted octanol–water partition coefficient (Wildman–Crippen LogP) is 3.79. The summed E-state index contributed by atoms with van der Waals surface area (Å²) in [5.74, 6) is 2.45. The molecule has 1 aliphatic rings. The predicted molar refractivity (Wildman–Crippen MR) is 91.1 cm³/mol. The Bertz CT molecular complexity index is 437. The fourth-order valence-electron chi connectivity index (χ4n) is 2.67. The summed E-state index contributed by atoms with van der Waals surface area (Å²) in [7, 11) is 1.69. The van der Waals surface area contributed by atoms with Gasteiger partial charge in [0.25, 0.3) is 0 Å². The number of hydrogen-bond donors (Lipinski definition) is 1. The summed E-state index contributed by atoms with van der Waals surface area (Å²) in [4.78, 5) is 0. The highest BCUT2D eigenvalue weighted by molar-refractivity contribution is 7.99. The summed E-state index contributed by atoms with van der Waals surface area (Å²) in [5.41, 5.74) is 2.84. The van der Waals surface area contributed by atoms with E-state index >= 15 is 0 Å². The van der Waals surface area contributed by atoms with E-state index in [1.165, 1.54) is 29.2 Å². The van der Waals surface area contributed by atoms with Crippen molar-refractivity contribution >= 4 is 17.4 Å². The molecule has 2 rings (SSSR count). The normalized spacial score (nSPS) is 21.2. The van der Waals surface area contributed by atoms with Gasteiger partial charge in [-0.15, -0.1) is 0 Å². The second kappa shape index (κ2) is 8.06. The molecule has 0 aromatic heterocycles. The van der Waals surface area contributed by atoms with Crippen molar-refractivity contribution in [3.8, 4) is 0 Å². The molecule has 0 bridgehead atoms. The molecule has 1 saturated heterocycles. The van der Waals surface area contributed by atoms with Gasteiger partial charge in [-0.3, -0.25) is 0 Å². The molecule has 1 N–H and O–H groups in total. The first-order valence-electron chi connectivity index (χ1n) is 7.59. The molecule has 0 spiro atoms. The number of methoxy groups -OCH3 is 1. The van der Waals surface area contributed by atoms with Crippen LogP contribution in [0.5, 0.6) is 0 Å². The third-order valence-electron chi connectivity index (χ3n) is 3.61. The van der Waals surface area contributed by atoms with Crippen LogP contribution in [0.4, 0.5) is 5.69 Å². The van der Waals surface area contributed by atoms with E-state index in [0.29, 0.717) is 31.3 Å². The first-order valence-corrected chi connectivity index (χ1v) is 8.74. The molecule has 1 aromatic carbocycles. The fourth-order valence-corrected chi connectivity index (χ4v) is 3.95. The van der Waals surface area contributed by atoms with Gasteiger partial charge >= 0.3 is 0 Å². The summed E-state index contributed by atoms with van der Waals surface area (Å²) in [6.07, 6.45) is 1.23. The Morgan fingerprint density at radius 2 is 2.19 bits per heavy atom. The molecule has 1 unspecified atom stereocenters. The Balaban J connectivity index is 1.85. The zero-order valence-corrected chi connectivity index (χ0v) is 14.2. The Labute approximate surface area is 132 Å². The van der Waals surface area contributed by atoms with E-state index in [2.05, 4.69) is 55.2 Å². The zero-order valence-electron chi connectivity index (χ0n) is 13.4. The lowest BCUT2D eigenvalue weighted by molar-refractivity contribution is 0.0617. The maximum absolute atomic E-state index is 5.58. The van der Waals surface area contributed by atoms with Crippen LogP contribution in [0.1, 0.15) is 25.8 Å². The molecule has 0 amide bonds. The van der Waals surface area contributed by atoms with Gasteiger partial charge in [-0.2, -0.15) is 11.8 Å². The zero-order chi connectivity index (χ0) is 15.1. The largest absolute Gasteiger partial charge is 0.382 e. The standard InChI is InChI=1S/C17H27NO2S/c1-17(2)10-16(12-21-13-17)18-15-6-4-5-14(9-15)11-20-8-7-19-3/h4-6,9,16,18H,7-8,10-13H2,1-3H3. The van der Waals surface area contributed by atoms with Gasteiger partial charge in [-0.05, 0) is 35.3 Å². The van der Waals surface area contributed by atoms with Crippen molar-refractivity contribution in [2.75, 3.05) is 37.1 Å². The van der Waals surface area contributed by atoms with Gasteiger partial charge in [-0.1, -0.05) is 26.0 Å². The van der Waals surface area contributed by atoms with Crippen LogP contribution < -0.4 is 5.32 Å². The van der Waals surface area contributed by atoms with Crippen molar-refractivity contribution in [1.82, 2.24) is 0 Å². The van der Waals surface area contributed by atoms with Crippen molar-refractivity contribution in [3.05, 3.63) is 29.8 Å². The number of benzene rings is 1. The van der Waals surface area contributed by atoms with Crippen molar-refractivity contribution in [2.24, 2.45) is 5.41 Å². The molecule has 1 aliphatic heterocycles. The molecular weight excluding hydrogens is 282 g/mol. The van der Waals surface area contributed by atoms with Gasteiger partial charge < -0.3 is 14.8 Å². The van der Waals surface area contributed by atoms with Crippen molar-refractivity contribution in [2.45, 2.75) is 32.9 Å². The van der Waals surface area contributed by atoms with Crippen LogP contribution in [0.3, 0.4) is 0 Å². The Morgan fingerprint density at radius 1 is 1.33 bits per heavy atom.